The van der Waals surface area contributed by atoms with Crippen molar-refractivity contribution in [3.63, 3.8) is 0 Å². The molecule has 0 aliphatic heterocycles. The summed E-state index contributed by atoms with van der Waals surface area (Å²) in [6.07, 6.45) is 0. The normalized spacial score (nSPS) is 11.2. The molecule has 1 N–H and O–H groups in total. The number of nitrogens with zero attached hydrogens (tertiary/aromatic N) is 1. The van der Waals surface area contributed by atoms with Crippen LogP contribution in [0.15, 0.2) is 64.9 Å². The van der Waals surface area contributed by atoms with E-state index in [0.717, 1.165) is 10.4 Å². The number of sulfonamides is 1. The monoisotopic (exact) mass is 434 g/mol. The van der Waals surface area contributed by atoms with E-state index in [0.29, 0.717) is 22.8 Å². The van der Waals surface area contributed by atoms with Gasteiger partial charge in [0.2, 0.25) is 0 Å². The van der Waals surface area contributed by atoms with E-state index in [-0.39, 0.29) is 10.8 Å². The third kappa shape index (κ3) is 4.73. The average molecular weight is 435 g/mol. The first kappa shape index (κ1) is 20.4. The molecule has 2 aromatic carbocycles. The van der Waals surface area contributed by atoms with Crippen LogP contribution < -0.4 is 4.72 Å². The Hall–Kier alpha value is -2.35. The molecule has 0 unspecified atom stereocenters. The van der Waals surface area contributed by atoms with Gasteiger partial charge in [-0.3, -0.25) is 9.52 Å². The number of anilines is 1. The number of amides is 1. The van der Waals surface area contributed by atoms with Gasteiger partial charge in [0.1, 0.15) is 0 Å². The number of halogens is 1. The van der Waals surface area contributed by atoms with Gasteiger partial charge in [-0.05, 0) is 60.3 Å². The smallest absolute Gasteiger partial charge is 0.261 e. The molecule has 3 rings (SSSR count). The van der Waals surface area contributed by atoms with Gasteiger partial charge < -0.3 is 4.90 Å². The maximum atomic E-state index is 12.7. The Bertz CT molecular complexity index is 1080. The summed E-state index contributed by atoms with van der Waals surface area (Å²) in [5.41, 5.74) is 1.50. The van der Waals surface area contributed by atoms with Crippen molar-refractivity contribution in [1.29, 1.82) is 0 Å². The summed E-state index contributed by atoms with van der Waals surface area (Å²) < 4.78 is 27.8. The molecule has 0 radical (unpaired) electrons. The van der Waals surface area contributed by atoms with Crippen molar-refractivity contribution in [2.45, 2.75) is 18.4 Å². The number of thiophene rings is 1. The Balaban J connectivity index is 1.83. The van der Waals surface area contributed by atoms with Gasteiger partial charge in [0.05, 0.1) is 17.1 Å². The fourth-order valence-electron chi connectivity index (χ4n) is 2.61. The Labute approximate surface area is 173 Å². The molecule has 0 aliphatic rings. The van der Waals surface area contributed by atoms with E-state index < -0.39 is 10.0 Å². The molecule has 146 valence electrons. The molecule has 0 fully saturated rings. The minimum atomic E-state index is -3.79. The van der Waals surface area contributed by atoms with Gasteiger partial charge in [0.15, 0.2) is 0 Å². The van der Waals surface area contributed by atoms with Crippen LogP contribution in [0.25, 0.3) is 0 Å². The molecule has 0 atom stereocenters. The first-order chi connectivity index (χ1) is 13.3. The number of benzene rings is 2. The highest BCUT2D eigenvalue weighted by Crippen LogP contribution is 2.23. The molecule has 0 saturated carbocycles. The van der Waals surface area contributed by atoms with Gasteiger partial charge in [0, 0.05) is 22.5 Å². The lowest BCUT2D eigenvalue weighted by atomic mass is 10.1. The standard InChI is InChI=1S/C20H19ClN2O3S2/c1-14-5-6-15(20(24)23(2)13-17-4-3-11-27-17)12-19(14)22-28(25,26)18-9-7-16(21)8-10-18/h3-12,22H,13H2,1-2H3. The lowest BCUT2D eigenvalue weighted by Crippen LogP contribution is -2.26. The average Bonchev–Trinajstić information content (AvgIpc) is 3.16. The fraction of sp³-hybridized carbons (Fsp3) is 0.150. The zero-order valence-corrected chi connectivity index (χ0v) is 17.7. The molecule has 8 heteroatoms. The Kier molecular flexibility index (Phi) is 6.07. The molecule has 0 bridgehead atoms. The summed E-state index contributed by atoms with van der Waals surface area (Å²) in [5.74, 6) is -0.180. The number of carbonyl (C=O) groups is 1. The van der Waals surface area contributed by atoms with Crippen molar-refractivity contribution in [2.24, 2.45) is 0 Å². The van der Waals surface area contributed by atoms with E-state index in [1.807, 2.05) is 17.5 Å². The lowest BCUT2D eigenvalue weighted by molar-refractivity contribution is 0.0786. The van der Waals surface area contributed by atoms with Crippen LogP contribution in [0.1, 0.15) is 20.8 Å². The topological polar surface area (TPSA) is 66.5 Å². The molecule has 1 amide bonds. The molecule has 1 aromatic heterocycles. The number of nitrogens with one attached hydrogen (secondary N) is 1. The summed E-state index contributed by atoms with van der Waals surface area (Å²) in [6.45, 7) is 2.28. The number of rotatable bonds is 6. The third-order valence-electron chi connectivity index (χ3n) is 4.17. The zero-order chi connectivity index (χ0) is 20.3. The van der Waals surface area contributed by atoms with Gasteiger partial charge in [-0.25, -0.2) is 8.42 Å². The lowest BCUT2D eigenvalue weighted by Gasteiger charge is -2.18. The Morgan fingerprint density at radius 2 is 1.86 bits per heavy atom. The molecule has 1 heterocycles. The predicted molar refractivity (Wildman–Crippen MR) is 114 cm³/mol. The summed E-state index contributed by atoms with van der Waals surface area (Å²) in [7, 11) is -2.07. The van der Waals surface area contributed by atoms with Crippen LogP contribution in [0.5, 0.6) is 0 Å². The molecule has 0 spiro atoms. The van der Waals surface area contributed by atoms with Crippen molar-refractivity contribution in [1.82, 2.24) is 4.90 Å². The van der Waals surface area contributed by atoms with Gasteiger partial charge in [0.25, 0.3) is 15.9 Å². The molecule has 28 heavy (non-hydrogen) atoms. The molecule has 0 aliphatic carbocycles. The molecular formula is C20H19ClN2O3S2. The van der Waals surface area contributed by atoms with E-state index in [2.05, 4.69) is 4.72 Å². The molecule has 3 aromatic rings. The number of hydrogen-bond acceptors (Lipinski definition) is 4. The summed E-state index contributed by atoms with van der Waals surface area (Å²) >= 11 is 7.41. The largest absolute Gasteiger partial charge is 0.337 e. The summed E-state index contributed by atoms with van der Waals surface area (Å²) in [6, 6.07) is 14.8. The number of hydrogen-bond donors (Lipinski definition) is 1. The van der Waals surface area contributed by atoms with Crippen molar-refractivity contribution >= 4 is 44.6 Å². The highest BCUT2D eigenvalue weighted by Gasteiger charge is 2.18. The van der Waals surface area contributed by atoms with Crippen LogP contribution >= 0.6 is 22.9 Å². The van der Waals surface area contributed by atoms with Crippen LogP contribution in [0, 0.1) is 6.92 Å². The minimum absolute atomic E-state index is 0.0999. The predicted octanol–water partition coefficient (Wildman–Crippen LogP) is 4.78. The second-order valence-corrected chi connectivity index (χ2v) is 9.48. The van der Waals surface area contributed by atoms with E-state index >= 15 is 0 Å². The van der Waals surface area contributed by atoms with E-state index in [9.17, 15) is 13.2 Å². The van der Waals surface area contributed by atoms with Crippen LogP contribution in [-0.2, 0) is 16.6 Å². The van der Waals surface area contributed by atoms with Gasteiger partial charge in [-0.15, -0.1) is 11.3 Å². The van der Waals surface area contributed by atoms with Crippen LogP contribution in [-0.4, -0.2) is 26.3 Å². The SMILES string of the molecule is Cc1ccc(C(=O)N(C)Cc2cccs2)cc1NS(=O)(=O)c1ccc(Cl)cc1. The highest BCUT2D eigenvalue weighted by molar-refractivity contribution is 7.92. The van der Waals surface area contributed by atoms with Crippen molar-refractivity contribution in [2.75, 3.05) is 11.8 Å². The minimum Gasteiger partial charge on any atom is -0.337 e. The quantitative estimate of drug-likeness (QED) is 0.606. The number of aryl methyl sites for hydroxylation is 1. The van der Waals surface area contributed by atoms with Gasteiger partial charge in [-0.1, -0.05) is 23.7 Å². The summed E-state index contributed by atoms with van der Waals surface area (Å²) in [5, 5.41) is 2.42. The second kappa shape index (κ2) is 8.34. The van der Waals surface area contributed by atoms with Gasteiger partial charge >= 0.3 is 0 Å². The van der Waals surface area contributed by atoms with Crippen LogP contribution in [0.4, 0.5) is 5.69 Å². The molecular weight excluding hydrogens is 416 g/mol. The molecule has 0 saturated heterocycles. The van der Waals surface area contributed by atoms with Crippen LogP contribution in [0.3, 0.4) is 0 Å². The maximum Gasteiger partial charge on any atom is 0.261 e. The van der Waals surface area contributed by atoms with E-state index in [4.69, 9.17) is 11.6 Å². The Morgan fingerprint density at radius 1 is 1.14 bits per heavy atom. The van der Waals surface area contributed by atoms with Gasteiger partial charge in [-0.2, -0.15) is 0 Å². The summed E-state index contributed by atoms with van der Waals surface area (Å²) in [4.78, 5) is 15.5. The second-order valence-electron chi connectivity index (χ2n) is 6.33. The molecule has 5 nitrogen and oxygen atoms in total. The fourth-order valence-corrected chi connectivity index (χ4v) is 4.62. The zero-order valence-electron chi connectivity index (χ0n) is 15.3. The number of carbonyl (C=O) groups excluding carboxylic acids is 1. The first-order valence-electron chi connectivity index (χ1n) is 8.43. The van der Waals surface area contributed by atoms with Crippen molar-refractivity contribution in [3.8, 4) is 0 Å². The first-order valence-corrected chi connectivity index (χ1v) is 11.2. The third-order valence-corrected chi connectivity index (χ3v) is 6.67. The van der Waals surface area contributed by atoms with Crippen molar-refractivity contribution < 1.29 is 13.2 Å². The Morgan fingerprint density at radius 3 is 2.50 bits per heavy atom. The van der Waals surface area contributed by atoms with Crippen molar-refractivity contribution in [3.05, 3.63) is 81.0 Å². The van der Waals surface area contributed by atoms with E-state index in [1.54, 1.807) is 48.4 Å². The van der Waals surface area contributed by atoms with E-state index in [1.165, 1.54) is 24.3 Å². The van der Waals surface area contributed by atoms with Crippen LogP contribution in [0.2, 0.25) is 5.02 Å². The highest BCUT2D eigenvalue weighted by atomic mass is 35.5. The maximum absolute atomic E-state index is 12.7.